The lowest BCUT2D eigenvalue weighted by Gasteiger charge is -2.17. The van der Waals surface area contributed by atoms with Gasteiger partial charge in [0.25, 0.3) is 0 Å². The highest BCUT2D eigenvalue weighted by molar-refractivity contribution is 5.83. The average molecular weight is 262 g/mol. The summed E-state index contributed by atoms with van der Waals surface area (Å²) < 4.78 is 0. The summed E-state index contributed by atoms with van der Waals surface area (Å²) >= 11 is 0. The summed E-state index contributed by atoms with van der Waals surface area (Å²) in [5.41, 5.74) is 2.41. The molecule has 2 aromatic carbocycles. The van der Waals surface area contributed by atoms with Crippen LogP contribution in [0, 0.1) is 0 Å². The molecule has 3 rings (SSSR count). The van der Waals surface area contributed by atoms with Gasteiger partial charge in [0.1, 0.15) is 0 Å². The fourth-order valence-electron chi connectivity index (χ4n) is 2.60. The van der Waals surface area contributed by atoms with Gasteiger partial charge in [-0.2, -0.15) is 0 Å². The van der Waals surface area contributed by atoms with Crippen molar-refractivity contribution in [1.29, 1.82) is 0 Å². The van der Waals surface area contributed by atoms with Gasteiger partial charge in [-0.1, -0.05) is 48.5 Å². The quantitative estimate of drug-likeness (QED) is 0.777. The van der Waals surface area contributed by atoms with Crippen molar-refractivity contribution in [3.05, 3.63) is 78.1 Å². The molecule has 1 aromatic heterocycles. The molecule has 2 nitrogen and oxygen atoms in total. The molecule has 0 saturated heterocycles. The Labute approximate surface area is 119 Å². The fourth-order valence-corrected chi connectivity index (χ4v) is 2.60. The molecule has 0 radical (unpaired) electrons. The molecule has 0 bridgehead atoms. The largest absolute Gasteiger partial charge is 0.319 e. The lowest BCUT2D eigenvalue weighted by atomic mass is 9.93. The Bertz CT molecular complexity index is 692. The lowest BCUT2D eigenvalue weighted by Crippen LogP contribution is -2.19. The molecule has 3 aromatic rings. The van der Waals surface area contributed by atoms with Crippen molar-refractivity contribution in [1.82, 2.24) is 10.3 Å². The second kappa shape index (κ2) is 5.85. The van der Waals surface area contributed by atoms with Crippen LogP contribution < -0.4 is 5.32 Å². The summed E-state index contributed by atoms with van der Waals surface area (Å²) in [5, 5.41) is 5.83. The van der Waals surface area contributed by atoms with Crippen LogP contribution in [-0.2, 0) is 0 Å². The van der Waals surface area contributed by atoms with Gasteiger partial charge in [-0.25, -0.2) is 0 Å². The molecule has 0 spiro atoms. The maximum absolute atomic E-state index is 4.51. The zero-order valence-electron chi connectivity index (χ0n) is 11.6. The SMILES string of the molecule is CNCC(c1ccc2ccccc2c1)c1ccccn1. The first-order chi connectivity index (χ1) is 9.88. The van der Waals surface area contributed by atoms with Crippen molar-refractivity contribution in [2.24, 2.45) is 0 Å². The average Bonchev–Trinajstić information content (AvgIpc) is 2.53. The van der Waals surface area contributed by atoms with Gasteiger partial charge in [0.15, 0.2) is 0 Å². The molecule has 1 heterocycles. The molecule has 1 unspecified atom stereocenters. The second-order valence-electron chi connectivity index (χ2n) is 4.97. The molecular formula is C18H18N2. The van der Waals surface area contributed by atoms with E-state index in [1.54, 1.807) is 0 Å². The number of aromatic nitrogens is 1. The van der Waals surface area contributed by atoms with Gasteiger partial charge in [-0.15, -0.1) is 0 Å². The molecule has 2 heteroatoms. The van der Waals surface area contributed by atoms with E-state index in [0.717, 1.165) is 12.2 Å². The molecule has 0 aliphatic carbocycles. The minimum absolute atomic E-state index is 0.283. The summed E-state index contributed by atoms with van der Waals surface area (Å²) in [5.74, 6) is 0.283. The normalized spacial score (nSPS) is 12.4. The monoisotopic (exact) mass is 262 g/mol. The highest BCUT2D eigenvalue weighted by Gasteiger charge is 2.14. The fraction of sp³-hybridized carbons (Fsp3) is 0.167. The van der Waals surface area contributed by atoms with E-state index in [0.29, 0.717) is 0 Å². The first-order valence-electron chi connectivity index (χ1n) is 6.93. The van der Waals surface area contributed by atoms with Gasteiger partial charge in [-0.05, 0) is 35.5 Å². The van der Waals surface area contributed by atoms with Crippen LogP contribution in [0.3, 0.4) is 0 Å². The Kier molecular flexibility index (Phi) is 3.75. The molecule has 0 aliphatic rings. The summed E-state index contributed by atoms with van der Waals surface area (Å²) in [4.78, 5) is 4.51. The number of hydrogen-bond acceptors (Lipinski definition) is 2. The van der Waals surface area contributed by atoms with Crippen molar-refractivity contribution in [2.45, 2.75) is 5.92 Å². The van der Waals surface area contributed by atoms with E-state index < -0.39 is 0 Å². The van der Waals surface area contributed by atoms with Crippen LogP contribution in [0.4, 0.5) is 0 Å². The molecule has 1 atom stereocenters. The van der Waals surface area contributed by atoms with Crippen molar-refractivity contribution in [2.75, 3.05) is 13.6 Å². The van der Waals surface area contributed by atoms with E-state index in [4.69, 9.17) is 0 Å². The molecule has 0 saturated carbocycles. The van der Waals surface area contributed by atoms with E-state index in [1.807, 2.05) is 25.4 Å². The van der Waals surface area contributed by atoms with Gasteiger partial charge in [0.2, 0.25) is 0 Å². The maximum atomic E-state index is 4.51. The molecule has 20 heavy (non-hydrogen) atoms. The zero-order chi connectivity index (χ0) is 13.8. The highest BCUT2D eigenvalue weighted by atomic mass is 14.8. The standard InChI is InChI=1S/C18H18N2/c1-19-13-17(18-8-4-5-11-20-18)16-10-9-14-6-2-3-7-15(14)12-16/h2-12,17,19H,13H2,1H3. The zero-order valence-corrected chi connectivity index (χ0v) is 11.6. The van der Waals surface area contributed by atoms with Crippen LogP contribution in [0.25, 0.3) is 10.8 Å². The van der Waals surface area contributed by atoms with Gasteiger partial charge < -0.3 is 5.32 Å². The van der Waals surface area contributed by atoms with Crippen LogP contribution in [0.1, 0.15) is 17.2 Å². The van der Waals surface area contributed by atoms with E-state index >= 15 is 0 Å². The highest BCUT2D eigenvalue weighted by Crippen LogP contribution is 2.25. The number of nitrogens with one attached hydrogen (secondary N) is 1. The molecule has 0 fully saturated rings. The van der Waals surface area contributed by atoms with Crippen LogP contribution in [0.15, 0.2) is 66.9 Å². The van der Waals surface area contributed by atoms with E-state index in [-0.39, 0.29) is 5.92 Å². The maximum Gasteiger partial charge on any atom is 0.0491 e. The number of hydrogen-bond donors (Lipinski definition) is 1. The third kappa shape index (κ3) is 2.56. The number of likely N-dealkylation sites (N-methyl/N-ethyl adjacent to an activating group) is 1. The van der Waals surface area contributed by atoms with Crippen LogP contribution in [0.2, 0.25) is 0 Å². The van der Waals surface area contributed by atoms with E-state index in [9.17, 15) is 0 Å². The van der Waals surface area contributed by atoms with Gasteiger partial charge in [0, 0.05) is 24.4 Å². The van der Waals surface area contributed by atoms with Crippen molar-refractivity contribution >= 4 is 10.8 Å². The number of rotatable bonds is 4. The van der Waals surface area contributed by atoms with Crippen LogP contribution >= 0.6 is 0 Å². The third-order valence-corrected chi connectivity index (χ3v) is 3.63. The number of fused-ring (bicyclic) bond motifs is 1. The Morgan fingerprint density at radius 2 is 1.75 bits per heavy atom. The summed E-state index contributed by atoms with van der Waals surface area (Å²) in [6, 6.07) is 21.2. The van der Waals surface area contributed by atoms with Gasteiger partial charge in [-0.3, -0.25) is 4.98 Å². The smallest absolute Gasteiger partial charge is 0.0491 e. The van der Waals surface area contributed by atoms with Crippen LogP contribution in [0.5, 0.6) is 0 Å². The molecular weight excluding hydrogens is 244 g/mol. The second-order valence-corrected chi connectivity index (χ2v) is 4.97. The number of benzene rings is 2. The van der Waals surface area contributed by atoms with Crippen LogP contribution in [-0.4, -0.2) is 18.6 Å². The molecule has 100 valence electrons. The predicted molar refractivity (Wildman–Crippen MR) is 84.0 cm³/mol. The van der Waals surface area contributed by atoms with Crippen molar-refractivity contribution in [3.8, 4) is 0 Å². The van der Waals surface area contributed by atoms with Gasteiger partial charge >= 0.3 is 0 Å². The summed E-state index contributed by atoms with van der Waals surface area (Å²) in [6.07, 6.45) is 1.86. The van der Waals surface area contributed by atoms with Crippen molar-refractivity contribution in [3.63, 3.8) is 0 Å². The minimum atomic E-state index is 0.283. The molecule has 0 aliphatic heterocycles. The Balaban J connectivity index is 2.05. The Morgan fingerprint density at radius 1 is 0.950 bits per heavy atom. The number of nitrogens with zero attached hydrogens (tertiary/aromatic N) is 1. The Morgan fingerprint density at radius 3 is 2.50 bits per heavy atom. The summed E-state index contributed by atoms with van der Waals surface area (Å²) in [6.45, 7) is 0.884. The van der Waals surface area contributed by atoms with Crippen molar-refractivity contribution < 1.29 is 0 Å². The first kappa shape index (κ1) is 12.8. The number of pyridine rings is 1. The van der Waals surface area contributed by atoms with E-state index in [1.165, 1.54) is 16.3 Å². The predicted octanol–water partition coefficient (Wildman–Crippen LogP) is 3.59. The molecule has 1 N–H and O–H groups in total. The Hall–Kier alpha value is -2.19. The minimum Gasteiger partial charge on any atom is -0.319 e. The topological polar surface area (TPSA) is 24.9 Å². The van der Waals surface area contributed by atoms with Gasteiger partial charge in [0.05, 0.1) is 0 Å². The third-order valence-electron chi connectivity index (χ3n) is 3.63. The summed E-state index contributed by atoms with van der Waals surface area (Å²) in [7, 11) is 1.98. The molecule has 0 amide bonds. The lowest BCUT2D eigenvalue weighted by molar-refractivity contribution is 0.692. The first-order valence-corrected chi connectivity index (χ1v) is 6.93. The van der Waals surface area contributed by atoms with E-state index in [2.05, 4.69) is 58.8 Å².